The summed E-state index contributed by atoms with van der Waals surface area (Å²) in [5.74, 6) is 1.37. The van der Waals surface area contributed by atoms with Crippen LogP contribution >= 0.6 is 15.9 Å². The first-order valence-corrected chi connectivity index (χ1v) is 6.85. The van der Waals surface area contributed by atoms with Crippen LogP contribution in [0.2, 0.25) is 0 Å². The van der Waals surface area contributed by atoms with Gasteiger partial charge in [0.2, 0.25) is 0 Å². The zero-order valence-corrected chi connectivity index (χ0v) is 12.1. The van der Waals surface area contributed by atoms with Crippen LogP contribution in [0.4, 0.5) is 0 Å². The molecular formula is C14H19BrO2. The Balaban J connectivity index is 2.30. The number of halogens is 1. The number of fused-ring (bicyclic) bond motifs is 1. The van der Waals surface area contributed by atoms with Crippen LogP contribution in [0.1, 0.15) is 45.3 Å². The summed E-state index contributed by atoms with van der Waals surface area (Å²) in [5.41, 5.74) is 0.634. The standard InChI is InChI=1S/C14H19BrO2/c1-9(2)7-14(3)8-12(16)11-6-10(15)4-5-13(11)17-14/h4-6,9,12,16H,7-8H2,1-3H3/t12-,14?/m0/s1. The van der Waals surface area contributed by atoms with E-state index in [4.69, 9.17) is 4.74 Å². The van der Waals surface area contributed by atoms with Gasteiger partial charge in [-0.3, -0.25) is 0 Å². The topological polar surface area (TPSA) is 29.5 Å². The molecule has 17 heavy (non-hydrogen) atoms. The first kappa shape index (κ1) is 12.9. The number of hydrogen-bond acceptors (Lipinski definition) is 2. The molecule has 0 aromatic heterocycles. The average Bonchev–Trinajstić information content (AvgIpc) is 2.17. The van der Waals surface area contributed by atoms with Crippen molar-refractivity contribution in [2.45, 2.75) is 45.3 Å². The van der Waals surface area contributed by atoms with Crippen molar-refractivity contribution >= 4 is 15.9 Å². The van der Waals surface area contributed by atoms with E-state index in [1.807, 2.05) is 18.2 Å². The van der Waals surface area contributed by atoms with Gasteiger partial charge in [0.1, 0.15) is 11.4 Å². The van der Waals surface area contributed by atoms with Crippen LogP contribution in [0.3, 0.4) is 0 Å². The first-order chi connectivity index (χ1) is 7.89. The number of ether oxygens (including phenoxy) is 1. The van der Waals surface area contributed by atoms with E-state index < -0.39 is 6.10 Å². The quantitative estimate of drug-likeness (QED) is 0.892. The molecule has 0 spiro atoms. The van der Waals surface area contributed by atoms with Crippen molar-refractivity contribution in [3.8, 4) is 5.75 Å². The van der Waals surface area contributed by atoms with E-state index in [9.17, 15) is 5.11 Å². The van der Waals surface area contributed by atoms with Gasteiger partial charge in [-0.15, -0.1) is 0 Å². The Morgan fingerprint density at radius 2 is 2.24 bits per heavy atom. The van der Waals surface area contributed by atoms with Crippen LogP contribution < -0.4 is 4.74 Å². The van der Waals surface area contributed by atoms with E-state index in [0.29, 0.717) is 12.3 Å². The highest BCUT2D eigenvalue weighted by molar-refractivity contribution is 9.10. The fourth-order valence-corrected chi connectivity index (χ4v) is 3.07. The summed E-state index contributed by atoms with van der Waals surface area (Å²) >= 11 is 3.42. The molecule has 1 heterocycles. The van der Waals surface area contributed by atoms with Crippen LogP contribution in [0.15, 0.2) is 22.7 Å². The lowest BCUT2D eigenvalue weighted by atomic mass is 9.84. The lowest BCUT2D eigenvalue weighted by molar-refractivity contribution is -0.0144. The second-order valence-corrected chi connectivity index (χ2v) is 6.47. The highest BCUT2D eigenvalue weighted by atomic mass is 79.9. The highest BCUT2D eigenvalue weighted by Crippen LogP contribution is 2.42. The molecule has 0 saturated carbocycles. The minimum atomic E-state index is -0.431. The maximum absolute atomic E-state index is 10.2. The Labute approximate surface area is 111 Å². The fraction of sp³-hybridized carbons (Fsp3) is 0.571. The lowest BCUT2D eigenvalue weighted by Gasteiger charge is -2.39. The van der Waals surface area contributed by atoms with Crippen LogP contribution in [-0.4, -0.2) is 10.7 Å². The van der Waals surface area contributed by atoms with Gasteiger partial charge in [-0.25, -0.2) is 0 Å². The van der Waals surface area contributed by atoms with Gasteiger partial charge < -0.3 is 9.84 Å². The van der Waals surface area contributed by atoms with Crippen molar-refractivity contribution in [2.75, 3.05) is 0 Å². The van der Waals surface area contributed by atoms with E-state index in [1.54, 1.807) is 0 Å². The Kier molecular flexibility index (Phi) is 3.50. The third kappa shape index (κ3) is 2.83. The molecule has 1 unspecified atom stereocenters. The normalized spacial score (nSPS) is 27.8. The number of benzene rings is 1. The SMILES string of the molecule is CC(C)CC1(C)C[C@H](O)c2cc(Br)ccc2O1. The monoisotopic (exact) mass is 298 g/mol. The first-order valence-electron chi connectivity index (χ1n) is 6.06. The molecule has 0 bridgehead atoms. The van der Waals surface area contributed by atoms with Gasteiger partial charge in [-0.1, -0.05) is 29.8 Å². The van der Waals surface area contributed by atoms with Crippen molar-refractivity contribution in [3.05, 3.63) is 28.2 Å². The summed E-state index contributed by atoms with van der Waals surface area (Å²) in [6, 6.07) is 5.82. The molecule has 1 aromatic carbocycles. The predicted octanol–water partition coefficient (Wildman–Crippen LogP) is 4.07. The van der Waals surface area contributed by atoms with Crippen molar-refractivity contribution in [1.82, 2.24) is 0 Å². The summed E-state index contributed by atoms with van der Waals surface area (Å²) in [7, 11) is 0. The molecule has 1 aromatic rings. The fourth-order valence-electron chi connectivity index (χ4n) is 2.69. The molecule has 2 rings (SSSR count). The molecule has 2 atom stereocenters. The Morgan fingerprint density at radius 1 is 1.53 bits per heavy atom. The zero-order valence-electron chi connectivity index (χ0n) is 10.5. The molecule has 1 aliphatic heterocycles. The minimum absolute atomic E-state index is 0.256. The summed E-state index contributed by atoms with van der Waals surface area (Å²) in [6.07, 6.45) is 1.19. The zero-order chi connectivity index (χ0) is 12.6. The number of rotatable bonds is 2. The second-order valence-electron chi connectivity index (χ2n) is 5.55. The second kappa shape index (κ2) is 4.62. The highest BCUT2D eigenvalue weighted by Gasteiger charge is 2.36. The molecule has 0 amide bonds. The van der Waals surface area contributed by atoms with E-state index >= 15 is 0 Å². The average molecular weight is 299 g/mol. The maximum Gasteiger partial charge on any atom is 0.126 e. The maximum atomic E-state index is 10.2. The predicted molar refractivity (Wildman–Crippen MR) is 72.2 cm³/mol. The van der Waals surface area contributed by atoms with E-state index in [0.717, 1.165) is 22.2 Å². The Morgan fingerprint density at radius 3 is 2.88 bits per heavy atom. The van der Waals surface area contributed by atoms with E-state index in [-0.39, 0.29) is 5.60 Å². The number of aliphatic hydroxyl groups excluding tert-OH is 1. The summed E-state index contributed by atoms with van der Waals surface area (Å²) < 4.78 is 7.05. The lowest BCUT2D eigenvalue weighted by Crippen LogP contribution is -2.39. The molecule has 1 aliphatic rings. The third-order valence-corrected chi connectivity index (χ3v) is 3.65. The van der Waals surface area contributed by atoms with Gasteiger partial charge in [0, 0.05) is 16.5 Å². The van der Waals surface area contributed by atoms with Gasteiger partial charge >= 0.3 is 0 Å². The summed E-state index contributed by atoms with van der Waals surface area (Å²) in [5, 5.41) is 10.2. The molecule has 2 nitrogen and oxygen atoms in total. The largest absolute Gasteiger partial charge is 0.487 e. The summed E-state index contributed by atoms with van der Waals surface area (Å²) in [4.78, 5) is 0. The molecule has 94 valence electrons. The number of aliphatic hydroxyl groups is 1. The van der Waals surface area contributed by atoms with Crippen LogP contribution in [0.5, 0.6) is 5.75 Å². The van der Waals surface area contributed by atoms with Crippen LogP contribution in [0, 0.1) is 5.92 Å². The van der Waals surface area contributed by atoms with E-state index in [1.165, 1.54) is 0 Å². The molecule has 0 aliphatic carbocycles. The molecule has 3 heteroatoms. The summed E-state index contributed by atoms with van der Waals surface area (Å²) in [6.45, 7) is 6.44. The van der Waals surface area contributed by atoms with Gasteiger partial charge in [0.25, 0.3) is 0 Å². The molecular weight excluding hydrogens is 280 g/mol. The van der Waals surface area contributed by atoms with E-state index in [2.05, 4.69) is 36.7 Å². The van der Waals surface area contributed by atoms with Gasteiger partial charge in [-0.05, 0) is 37.5 Å². The van der Waals surface area contributed by atoms with Crippen molar-refractivity contribution in [1.29, 1.82) is 0 Å². The molecule has 0 fully saturated rings. The molecule has 0 radical (unpaired) electrons. The Hall–Kier alpha value is -0.540. The van der Waals surface area contributed by atoms with Gasteiger partial charge in [0.05, 0.1) is 6.10 Å². The third-order valence-electron chi connectivity index (χ3n) is 3.15. The molecule has 1 N–H and O–H groups in total. The van der Waals surface area contributed by atoms with Crippen LogP contribution in [0.25, 0.3) is 0 Å². The minimum Gasteiger partial charge on any atom is -0.487 e. The van der Waals surface area contributed by atoms with Crippen molar-refractivity contribution in [3.63, 3.8) is 0 Å². The molecule has 0 saturated heterocycles. The Bertz CT molecular complexity index is 417. The van der Waals surface area contributed by atoms with Gasteiger partial charge in [0.15, 0.2) is 0 Å². The van der Waals surface area contributed by atoms with Crippen molar-refractivity contribution < 1.29 is 9.84 Å². The van der Waals surface area contributed by atoms with Crippen LogP contribution in [-0.2, 0) is 0 Å². The number of hydrogen-bond donors (Lipinski definition) is 1. The van der Waals surface area contributed by atoms with Crippen molar-refractivity contribution in [2.24, 2.45) is 5.92 Å². The van der Waals surface area contributed by atoms with Gasteiger partial charge in [-0.2, -0.15) is 0 Å². The smallest absolute Gasteiger partial charge is 0.126 e.